The molecule has 0 saturated heterocycles. The Bertz CT molecular complexity index is 779. The molecule has 1 fully saturated rings. The van der Waals surface area contributed by atoms with Gasteiger partial charge in [-0.15, -0.1) is 0 Å². The van der Waals surface area contributed by atoms with E-state index < -0.39 is 21.8 Å². The maximum Gasteiger partial charge on any atom is 0.416 e. The summed E-state index contributed by atoms with van der Waals surface area (Å²) in [6.45, 7) is 10.2. The second-order valence-corrected chi connectivity index (χ2v) is 10.8. The Balaban J connectivity index is 1.89. The number of sulfonamides is 1. The molecule has 0 bridgehead atoms. The minimum absolute atomic E-state index is 0.111. The van der Waals surface area contributed by atoms with E-state index in [1.807, 2.05) is 0 Å². The zero-order valence-electron chi connectivity index (χ0n) is 19.0. The van der Waals surface area contributed by atoms with Crippen LogP contribution in [-0.2, 0) is 20.9 Å². The molecule has 1 aromatic carbocycles. The van der Waals surface area contributed by atoms with E-state index >= 15 is 0 Å². The SMILES string of the molecule is CC(C)N(CCO[C@H]1CC[C@H](N(C)S(=O)(=O)c2ccc(C(F)(F)F)cc2)CC1)C(C)C. The van der Waals surface area contributed by atoms with Gasteiger partial charge < -0.3 is 4.74 Å². The molecule has 0 spiro atoms. The second-order valence-electron chi connectivity index (χ2n) is 8.77. The molecule has 0 unspecified atom stereocenters. The lowest BCUT2D eigenvalue weighted by atomic mass is 9.93. The molecule has 1 aliphatic carbocycles. The highest BCUT2D eigenvalue weighted by atomic mass is 32.2. The highest BCUT2D eigenvalue weighted by molar-refractivity contribution is 7.89. The normalized spacial score (nSPS) is 20.9. The third kappa shape index (κ3) is 6.91. The number of benzene rings is 1. The molecule has 9 heteroatoms. The molecule has 5 nitrogen and oxygen atoms in total. The smallest absolute Gasteiger partial charge is 0.377 e. The van der Waals surface area contributed by atoms with Crippen molar-refractivity contribution in [2.24, 2.45) is 0 Å². The fourth-order valence-electron chi connectivity index (χ4n) is 4.19. The van der Waals surface area contributed by atoms with Crippen LogP contribution in [0.3, 0.4) is 0 Å². The van der Waals surface area contributed by atoms with Crippen molar-refractivity contribution in [2.75, 3.05) is 20.2 Å². The Hall–Kier alpha value is -1.16. The van der Waals surface area contributed by atoms with Crippen LogP contribution < -0.4 is 0 Å². The minimum Gasteiger partial charge on any atom is -0.377 e. The largest absolute Gasteiger partial charge is 0.416 e. The maximum atomic E-state index is 12.9. The van der Waals surface area contributed by atoms with Crippen LogP contribution >= 0.6 is 0 Å². The Kier molecular flexibility index (Phi) is 8.95. The highest BCUT2D eigenvalue weighted by Gasteiger charge is 2.34. The van der Waals surface area contributed by atoms with Gasteiger partial charge in [0.15, 0.2) is 0 Å². The monoisotopic (exact) mass is 464 g/mol. The van der Waals surface area contributed by atoms with Crippen LogP contribution in [0.2, 0.25) is 0 Å². The van der Waals surface area contributed by atoms with E-state index in [9.17, 15) is 21.6 Å². The first-order chi connectivity index (χ1) is 14.3. The van der Waals surface area contributed by atoms with Crippen molar-refractivity contribution in [1.29, 1.82) is 0 Å². The lowest BCUT2D eigenvalue weighted by molar-refractivity contribution is -0.137. The van der Waals surface area contributed by atoms with Gasteiger partial charge in [-0.1, -0.05) is 0 Å². The molecule has 178 valence electrons. The van der Waals surface area contributed by atoms with E-state index in [1.165, 1.54) is 11.4 Å². The fourth-order valence-corrected chi connectivity index (χ4v) is 5.61. The van der Waals surface area contributed by atoms with Crippen molar-refractivity contribution in [2.45, 2.75) is 88.7 Å². The summed E-state index contributed by atoms with van der Waals surface area (Å²) >= 11 is 0. The highest BCUT2D eigenvalue weighted by Crippen LogP contribution is 2.32. The number of hydrogen-bond acceptors (Lipinski definition) is 4. The van der Waals surface area contributed by atoms with Gasteiger partial charge in [0.1, 0.15) is 0 Å². The summed E-state index contributed by atoms with van der Waals surface area (Å²) in [5.41, 5.74) is -0.861. The summed E-state index contributed by atoms with van der Waals surface area (Å²) in [5.74, 6) is 0. The van der Waals surface area contributed by atoms with Gasteiger partial charge in [-0.3, -0.25) is 4.90 Å². The number of halogens is 3. The first-order valence-electron chi connectivity index (χ1n) is 10.9. The number of nitrogens with zero attached hydrogens (tertiary/aromatic N) is 2. The third-order valence-corrected chi connectivity index (χ3v) is 7.97. The Morgan fingerprint density at radius 1 is 1.00 bits per heavy atom. The molecule has 31 heavy (non-hydrogen) atoms. The first-order valence-corrected chi connectivity index (χ1v) is 12.3. The molecule has 1 saturated carbocycles. The molecule has 0 N–H and O–H groups in total. The van der Waals surface area contributed by atoms with E-state index in [0.717, 1.165) is 43.7 Å². The van der Waals surface area contributed by atoms with Gasteiger partial charge >= 0.3 is 6.18 Å². The first kappa shape index (κ1) is 26.1. The predicted molar refractivity (Wildman–Crippen MR) is 115 cm³/mol. The van der Waals surface area contributed by atoms with Gasteiger partial charge in [-0.05, 0) is 77.6 Å². The van der Waals surface area contributed by atoms with Crippen molar-refractivity contribution in [3.63, 3.8) is 0 Å². The van der Waals surface area contributed by atoms with E-state index in [4.69, 9.17) is 4.74 Å². The molecular weight excluding hydrogens is 429 g/mol. The molecule has 0 aliphatic heterocycles. The topological polar surface area (TPSA) is 49.9 Å². The van der Waals surface area contributed by atoms with Crippen LogP contribution in [0.25, 0.3) is 0 Å². The molecule has 0 radical (unpaired) electrons. The van der Waals surface area contributed by atoms with Gasteiger partial charge in [-0.25, -0.2) is 8.42 Å². The molecule has 1 aliphatic rings. The van der Waals surface area contributed by atoms with E-state index in [2.05, 4.69) is 32.6 Å². The molecule has 2 rings (SSSR count). The van der Waals surface area contributed by atoms with Crippen molar-refractivity contribution < 1.29 is 26.3 Å². The Morgan fingerprint density at radius 2 is 1.52 bits per heavy atom. The molecule has 1 aromatic rings. The maximum absolute atomic E-state index is 12.9. The van der Waals surface area contributed by atoms with Gasteiger partial charge in [0.2, 0.25) is 10.0 Å². The summed E-state index contributed by atoms with van der Waals surface area (Å²) in [6, 6.07) is 4.38. The number of alkyl halides is 3. The average molecular weight is 465 g/mol. The van der Waals surface area contributed by atoms with Crippen LogP contribution in [-0.4, -0.2) is 62.1 Å². The molecule has 0 heterocycles. The van der Waals surface area contributed by atoms with E-state index in [-0.39, 0.29) is 17.0 Å². The van der Waals surface area contributed by atoms with Gasteiger partial charge in [0.05, 0.1) is 23.2 Å². The zero-order valence-corrected chi connectivity index (χ0v) is 19.8. The lowest BCUT2D eigenvalue weighted by Gasteiger charge is -2.35. The van der Waals surface area contributed by atoms with Crippen molar-refractivity contribution in [1.82, 2.24) is 9.21 Å². The van der Waals surface area contributed by atoms with Gasteiger partial charge in [-0.2, -0.15) is 17.5 Å². The van der Waals surface area contributed by atoms with Crippen molar-refractivity contribution >= 4 is 10.0 Å². The third-order valence-electron chi connectivity index (χ3n) is 6.05. The lowest BCUT2D eigenvalue weighted by Crippen LogP contribution is -2.42. The summed E-state index contributed by atoms with van der Waals surface area (Å²) in [5, 5.41) is 0. The Labute approximate surface area is 184 Å². The summed E-state index contributed by atoms with van der Waals surface area (Å²) in [6.07, 6.45) is -1.52. The summed E-state index contributed by atoms with van der Waals surface area (Å²) < 4.78 is 71.3. The van der Waals surface area contributed by atoms with Crippen molar-refractivity contribution in [3.05, 3.63) is 29.8 Å². The van der Waals surface area contributed by atoms with E-state index in [0.29, 0.717) is 31.5 Å². The second kappa shape index (κ2) is 10.6. The van der Waals surface area contributed by atoms with E-state index in [1.54, 1.807) is 0 Å². The van der Waals surface area contributed by atoms with Gasteiger partial charge in [0, 0.05) is 31.7 Å². The fraction of sp³-hybridized carbons (Fsp3) is 0.727. The summed E-state index contributed by atoms with van der Waals surface area (Å²) in [7, 11) is -2.35. The zero-order chi connectivity index (χ0) is 23.4. The number of ether oxygens (including phenoxy) is 1. The Morgan fingerprint density at radius 3 is 1.97 bits per heavy atom. The average Bonchev–Trinajstić information content (AvgIpc) is 2.70. The van der Waals surface area contributed by atoms with Crippen LogP contribution in [0.1, 0.15) is 58.9 Å². The van der Waals surface area contributed by atoms with Crippen LogP contribution in [0, 0.1) is 0 Å². The predicted octanol–water partition coefficient (Wildman–Crippen LogP) is 4.77. The molecular formula is C22H35F3N2O3S. The van der Waals surface area contributed by atoms with Crippen molar-refractivity contribution in [3.8, 4) is 0 Å². The quantitative estimate of drug-likeness (QED) is 0.528. The number of rotatable bonds is 9. The standard InChI is InChI=1S/C22H35F3N2O3S/c1-16(2)27(17(3)4)14-15-30-20-10-8-19(9-11-20)26(5)31(28,29)21-12-6-18(7-13-21)22(23,24)25/h6-7,12-13,16-17,19-20H,8-11,14-15H2,1-5H3/t19-,20-. The number of hydrogen-bond donors (Lipinski definition) is 0. The molecule has 0 atom stereocenters. The van der Waals surface area contributed by atoms with Crippen LogP contribution in [0.5, 0.6) is 0 Å². The van der Waals surface area contributed by atoms with Crippen LogP contribution in [0.15, 0.2) is 29.2 Å². The molecule has 0 amide bonds. The molecule has 0 aromatic heterocycles. The van der Waals surface area contributed by atoms with Crippen LogP contribution in [0.4, 0.5) is 13.2 Å². The van der Waals surface area contributed by atoms with Gasteiger partial charge in [0.25, 0.3) is 0 Å². The summed E-state index contributed by atoms with van der Waals surface area (Å²) in [4.78, 5) is 2.25. The minimum atomic E-state index is -4.49.